The molecule has 2 aromatic heterocycles. The van der Waals surface area contributed by atoms with Gasteiger partial charge in [0, 0.05) is 19.3 Å². The van der Waals surface area contributed by atoms with Crippen molar-refractivity contribution in [3.8, 4) is 0 Å². The van der Waals surface area contributed by atoms with Crippen LogP contribution in [-0.4, -0.2) is 23.1 Å². The summed E-state index contributed by atoms with van der Waals surface area (Å²) in [6, 6.07) is 5.76. The molecule has 2 rings (SSSR count). The molecule has 0 spiro atoms. The molecule has 0 aromatic carbocycles. The highest BCUT2D eigenvalue weighted by Crippen LogP contribution is 2.14. The van der Waals surface area contributed by atoms with Gasteiger partial charge < -0.3 is 14.6 Å². The zero-order valence-corrected chi connectivity index (χ0v) is 12.2. The van der Waals surface area contributed by atoms with Crippen LogP contribution in [0.5, 0.6) is 0 Å². The molecule has 108 valence electrons. The summed E-state index contributed by atoms with van der Waals surface area (Å²) in [5.74, 6) is 2.49. The molecule has 0 aliphatic rings. The molecule has 5 heteroatoms. The maximum Gasteiger partial charge on any atom is 0.224 e. The average molecular weight is 274 g/mol. The van der Waals surface area contributed by atoms with Crippen LogP contribution in [0.25, 0.3) is 0 Å². The lowest BCUT2D eigenvalue weighted by Crippen LogP contribution is -2.26. The lowest BCUT2D eigenvalue weighted by Gasteiger charge is -2.22. The molecule has 20 heavy (non-hydrogen) atoms. The van der Waals surface area contributed by atoms with Gasteiger partial charge in [0.15, 0.2) is 0 Å². The Labute approximate surface area is 120 Å². The molecular weight excluding hydrogens is 252 g/mol. The first kappa shape index (κ1) is 14.4. The first-order valence-corrected chi connectivity index (χ1v) is 7.17. The van der Waals surface area contributed by atoms with Crippen molar-refractivity contribution in [2.75, 3.05) is 23.3 Å². The summed E-state index contributed by atoms with van der Waals surface area (Å²) >= 11 is 0. The van der Waals surface area contributed by atoms with E-state index in [1.807, 2.05) is 18.2 Å². The Morgan fingerprint density at radius 2 is 2.00 bits per heavy atom. The second kappa shape index (κ2) is 7.53. The van der Waals surface area contributed by atoms with Gasteiger partial charge in [0.25, 0.3) is 0 Å². The Morgan fingerprint density at radius 1 is 1.20 bits per heavy atom. The van der Waals surface area contributed by atoms with E-state index < -0.39 is 0 Å². The molecule has 0 bridgehead atoms. The standard InChI is InChI=1S/C15H22N4O/c1-3-9-19(10-4-2)14-7-8-16-15(18-14)17-12-13-6-5-11-20-13/h5-8,11H,3-4,9-10,12H2,1-2H3,(H,16,17,18). The number of nitrogens with one attached hydrogen (secondary N) is 1. The van der Waals surface area contributed by atoms with Crippen molar-refractivity contribution in [1.82, 2.24) is 9.97 Å². The minimum absolute atomic E-state index is 0.595. The van der Waals surface area contributed by atoms with Crippen molar-refractivity contribution in [1.29, 1.82) is 0 Å². The van der Waals surface area contributed by atoms with Crippen LogP contribution in [0.4, 0.5) is 11.8 Å². The zero-order valence-electron chi connectivity index (χ0n) is 12.2. The summed E-state index contributed by atoms with van der Waals surface area (Å²) in [5, 5.41) is 3.18. The minimum Gasteiger partial charge on any atom is -0.467 e. The topological polar surface area (TPSA) is 54.2 Å². The van der Waals surface area contributed by atoms with Gasteiger partial charge in [0.05, 0.1) is 12.8 Å². The summed E-state index contributed by atoms with van der Waals surface area (Å²) in [4.78, 5) is 11.1. The summed E-state index contributed by atoms with van der Waals surface area (Å²) < 4.78 is 5.28. The van der Waals surface area contributed by atoms with E-state index in [0.29, 0.717) is 12.5 Å². The molecule has 5 nitrogen and oxygen atoms in total. The van der Waals surface area contributed by atoms with E-state index in [-0.39, 0.29) is 0 Å². The second-order valence-corrected chi connectivity index (χ2v) is 4.66. The third kappa shape index (κ3) is 3.98. The predicted octanol–water partition coefficient (Wildman–Crippen LogP) is 3.31. The molecule has 0 unspecified atom stereocenters. The highest BCUT2D eigenvalue weighted by atomic mass is 16.3. The summed E-state index contributed by atoms with van der Waals surface area (Å²) in [6.07, 6.45) is 5.68. The molecule has 2 heterocycles. The van der Waals surface area contributed by atoms with Crippen LogP contribution >= 0.6 is 0 Å². The molecule has 2 aromatic rings. The number of hydrogen-bond acceptors (Lipinski definition) is 5. The summed E-state index contributed by atoms with van der Waals surface area (Å²) in [6.45, 7) is 6.99. The molecule has 0 amide bonds. The fourth-order valence-corrected chi connectivity index (χ4v) is 2.07. The lowest BCUT2D eigenvalue weighted by molar-refractivity contribution is 0.517. The highest BCUT2D eigenvalue weighted by Gasteiger charge is 2.07. The van der Waals surface area contributed by atoms with Crippen LogP contribution in [0.15, 0.2) is 35.1 Å². The van der Waals surface area contributed by atoms with Crippen molar-refractivity contribution in [2.45, 2.75) is 33.2 Å². The monoisotopic (exact) mass is 274 g/mol. The van der Waals surface area contributed by atoms with E-state index in [0.717, 1.165) is 37.5 Å². The highest BCUT2D eigenvalue weighted by molar-refractivity contribution is 5.42. The van der Waals surface area contributed by atoms with Gasteiger partial charge in [-0.2, -0.15) is 4.98 Å². The van der Waals surface area contributed by atoms with Crippen LogP contribution in [0.3, 0.4) is 0 Å². The fourth-order valence-electron chi connectivity index (χ4n) is 2.07. The van der Waals surface area contributed by atoms with Gasteiger partial charge >= 0.3 is 0 Å². The van der Waals surface area contributed by atoms with E-state index in [1.54, 1.807) is 12.5 Å². The van der Waals surface area contributed by atoms with Gasteiger partial charge in [-0.3, -0.25) is 0 Å². The lowest BCUT2D eigenvalue weighted by atomic mass is 10.3. The van der Waals surface area contributed by atoms with Crippen molar-refractivity contribution in [2.24, 2.45) is 0 Å². The molecule has 0 aliphatic carbocycles. The Kier molecular flexibility index (Phi) is 5.41. The number of anilines is 2. The van der Waals surface area contributed by atoms with Crippen molar-refractivity contribution in [3.63, 3.8) is 0 Å². The Hall–Kier alpha value is -2.04. The van der Waals surface area contributed by atoms with Crippen LogP contribution in [-0.2, 0) is 6.54 Å². The maximum atomic E-state index is 5.28. The van der Waals surface area contributed by atoms with Gasteiger partial charge in [0.2, 0.25) is 5.95 Å². The van der Waals surface area contributed by atoms with Crippen LogP contribution < -0.4 is 10.2 Å². The largest absolute Gasteiger partial charge is 0.467 e. The molecule has 0 fully saturated rings. The third-order valence-electron chi connectivity index (χ3n) is 2.95. The zero-order chi connectivity index (χ0) is 14.2. The van der Waals surface area contributed by atoms with E-state index in [1.165, 1.54) is 0 Å². The number of rotatable bonds is 8. The fraction of sp³-hybridized carbons (Fsp3) is 0.467. The van der Waals surface area contributed by atoms with Crippen molar-refractivity contribution in [3.05, 3.63) is 36.4 Å². The number of hydrogen-bond donors (Lipinski definition) is 1. The molecule has 0 saturated carbocycles. The second-order valence-electron chi connectivity index (χ2n) is 4.66. The summed E-state index contributed by atoms with van der Waals surface area (Å²) in [7, 11) is 0. The maximum absolute atomic E-state index is 5.28. The number of furan rings is 1. The average Bonchev–Trinajstić information content (AvgIpc) is 2.98. The van der Waals surface area contributed by atoms with Gasteiger partial charge in [0.1, 0.15) is 11.6 Å². The van der Waals surface area contributed by atoms with E-state index in [2.05, 4.69) is 34.0 Å². The first-order valence-electron chi connectivity index (χ1n) is 7.17. The van der Waals surface area contributed by atoms with Gasteiger partial charge in [-0.05, 0) is 31.0 Å². The minimum atomic E-state index is 0.595. The molecule has 0 atom stereocenters. The van der Waals surface area contributed by atoms with Crippen LogP contribution in [0, 0.1) is 0 Å². The van der Waals surface area contributed by atoms with Crippen LogP contribution in [0.1, 0.15) is 32.4 Å². The van der Waals surface area contributed by atoms with Gasteiger partial charge in [-0.1, -0.05) is 13.8 Å². The summed E-state index contributed by atoms with van der Waals surface area (Å²) in [5.41, 5.74) is 0. The Balaban J connectivity index is 2.02. The Morgan fingerprint density at radius 3 is 2.65 bits per heavy atom. The number of aromatic nitrogens is 2. The predicted molar refractivity (Wildman–Crippen MR) is 80.9 cm³/mol. The SMILES string of the molecule is CCCN(CCC)c1ccnc(NCc2ccco2)n1. The van der Waals surface area contributed by atoms with Crippen molar-refractivity contribution >= 4 is 11.8 Å². The third-order valence-corrected chi connectivity index (χ3v) is 2.95. The van der Waals surface area contributed by atoms with Crippen molar-refractivity contribution < 1.29 is 4.42 Å². The molecule has 0 radical (unpaired) electrons. The molecular formula is C15H22N4O. The normalized spacial score (nSPS) is 10.5. The first-order chi connectivity index (χ1) is 9.83. The van der Waals surface area contributed by atoms with Gasteiger partial charge in [-0.15, -0.1) is 0 Å². The molecule has 1 N–H and O–H groups in total. The van der Waals surface area contributed by atoms with Crippen LogP contribution in [0.2, 0.25) is 0 Å². The quantitative estimate of drug-likeness (QED) is 0.800. The van der Waals surface area contributed by atoms with E-state index in [4.69, 9.17) is 4.42 Å². The number of nitrogens with zero attached hydrogens (tertiary/aromatic N) is 3. The molecule has 0 aliphatic heterocycles. The molecule has 0 saturated heterocycles. The van der Waals surface area contributed by atoms with Gasteiger partial charge in [-0.25, -0.2) is 4.98 Å². The smallest absolute Gasteiger partial charge is 0.224 e. The van der Waals surface area contributed by atoms with E-state index >= 15 is 0 Å². The van der Waals surface area contributed by atoms with E-state index in [9.17, 15) is 0 Å². The Bertz CT molecular complexity index is 492.